The number of aryl methyl sites for hydroxylation is 2. The Morgan fingerprint density at radius 1 is 0.941 bits per heavy atom. The van der Waals surface area contributed by atoms with Gasteiger partial charge in [-0.2, -0.15) is 0 Å². The van der Waals surface area contributed by atoms with Gasteiger partial charge in [-0.3, -0.25) is 0 Å². The van der Waals surface area contributed by atoms with Crippen LogP contribution in [0.25, 0.3) is 0 Å². The number of rotatable bonds is 2. The molecule has 2 rings (SSSR count). The summed E-state index contributed by atoms with van der Waals surface area (Å²) in [6, 6.07) is 13.8. The van der Waals surface area contributed by atoms with Crippen LogP contribution in [0.1, 0.15) is 28.4 Å². The first-order chi connectivity index (χ1) is 8.08. The minimum absolute atomic E-state index is 0.563. The van der Waals surface area contributed by atoms with Crippen LogP contribution in [0.4, 0.5) is 0 Å². The molecule has 0 aliphatic carbocycles. The van der Waals surface area contributed by atoms with Gasteiger partial charge in [0.05, 0.1) is 0 Å². The summed E-state index contributed by atoms with van der Waals surface area (Å²) in [5.74, 6) is 0. The van der Waals surface area contributed by atoms with E-state index in [1.807, 2.05) is 42.5 Å². The number of aliphatic hydroxyl groups is 1. The monoisotopic (exact) mass is 290 g/mol. The SMILES string of the molecule is Cc1ccc([C@H](O)c2cccc(Br)c2)cc1C. The highest BCUT2D eigenvalue weighted by Gasteiger charge is 2.11. The molecule has 0 aromatic heterocycles. The van der Waals surface area contributed by atoms with Gasteiger partial charge in [-0.25, -0.2) is 0 Å². The van der Waals surface area contributed by atoms with Crippen molar-refractivity contribution in [2.24, 2.45) is 0 Å². The Morgan fingerprint density at radius 2 is 1.65 bits per heavy atom. The molecule has 0 saturated carbocycles. The van der Waals surface area contributed by atoms with Gasteiger partial charge in [-0.15, -0.1) is 0 Å². The molecule has 0 saturated heterocycles. The first-order valence-electron chi connectivity index (χ1n) is 5.58. The highest BCUT2D eigenvalue weighted by atomic mass is 79.9. The van der Waals surface area contributed by atoms with Crippen LogP contribution in [0.3, 0.4) is 0 Å². The first kappa shape index (κ1) is 12.3. The minimum Gasteiger partial charge on any atom is -0.384 e. The van der Waals surface area contributed by atoms with Crippen molar-refractivity contribution in [1.82, 2.24) is 0 Å². The third-order valence-corrected chi connectivity index (χ3v) is 3.50. The number of benzene rings is 2. The van der Waals surface area contributed by atoms with E-state index in [2.05, 4.69) is 29.8 Å². The number of halogens is 1. The average molecular weight is 291 g/mol. The third kappa shape index (κ3) is 2.76. The summed E-state index contributed by atoms with van der Waals surface area (Å²) in [4.78, 5) is 0. The van der Waals surface area contributed by atoms with E-state index < -0.39 is 6.10 Å². The first-order valence-corrected chi connectivity index (χ1v) is 6.38. The predicted molar refractivity (Wildman–Crippen MR) is 74.1 cm³/mol. The molecule has 1 N–H and O–H groups in total. The Balaban J connectivity index is 2.36. The fourth-order valence-electron chi connectivity index (χ4n) is 1.80. The maximum absolute atomic E-state index is 10.3. The smallest absolute Gasteiger partial charge is 0.104 e. The van der Waals surface area contributed by atoms with Crippen LogP contribution in [-0.4, -0.2) is 5.11 Å². The molecule has 1 atom stereocenters. The van der Waals surface area contributed by atoms with Gasteiger partial charge in [-0.05, 0) is 48.2 Å². The van der Waals surface area contributed by atoms with Gasteiger partial charge >= 0.3 is 0 Å². The van der Waals surface area contributed by atoms with Crippen LogP contribution in [0.15, 0.2) is 46.9 Å². The Kier molecular flexibility index (Phi) is 3.65. The zero-order valence-electron chi connectivity index (χ0n) is 9.94. The maximum atomic E-state index is 10.3. The van der Waals surface area contributed by atoms with E-state index in [-0.39, 0.29) is 0 Å². The Morgan fingerprint density at radius 3 is 2.29 bits per heavy atom. The fourth-order valence-corrected chi connectivity index (χ4v) is 2.22. The van der Waals surface area contributed by atoms with Crippen molar-refractivity contribution in [3.63, 3.8) is 0 Å². The lowest BCUT2D eigenvalue weighted by Crippen LogP contribution is -2.00. The van der Waals surface area contributed by atoms with E-state index in [9.17, 15) is 5.11 Å². The lowest BCUT2D eigenvalue weighted by Gasteiger charge is -2.13. The van der Waals surface area contributed by atoms with Gasteiger partial charge in [0.1, 0.15) is 6.10 Å². The van der Waals surface area contributed by atoms with Crippen molar-refractivity contribution >= 4 is 15.9 Å². The summed E-state index contributed by atoms with van der Waals surface area (Å²) in [6.07, 6.45) is -0.563. The van der Waals surface area contributed by atoms with Crippen molar-refractivity contribution in [3.05, 3.63) is 69.2 Å². The topological polar surface area (TPSA) is 20.2 Å². The molecule has 0 aliphatic heterocycles. The van der Waals surface area contributed by atoms with Gasteiger partial charge in [0, 0.05) is 4.47 Å². The second kappa shape index (κ2) is 5.03. The van der Waals surface area contributed by atoms with Crippen molar-refractivity contribution in [2.75, 3.05) is 0 Å². The second-order valence-electron chi connectivity index (χ2n) is 4.30. The summed E-state index contributed by atoms with van der Waals surface area (Å²) < 4.78 is 0.984. The molecule has 2 aromatic carbocycles. The summed E-state index contributed by atoms with van der Waals surface area (Å²) in [7, 11) is 0. The molecule has 1 nitrogen and oxygen atoms in total. The molecule has 0 radical (unpaired) electrons. The zero-order chi connectivity index (χ0) is 12.4. The maximum Gasteiger partial charge on any atom is 0.104 e. The molecular weight excluding hydrogens is 276 g/mol. The summed E-state index contributed by atoms with van der Waals surface area (Å²) >= 11 is 3.42. The number of hydrogen-bond acceptors (Lipinski definition) is 1. The lowest BCUT2D eigenvalue weighted by atomic mass is 9.98. The highest BCUT2D eigenvalue weighted by molar-refractivity contribution is 9.10. The number of aliphatic hydroxyl groups excluding tert-OH is 1. The quantitative estimate of drug-likeness (QED) is 0.881. The molecule has 17 heavy (non-hydrogen) atoms. The van der Waals surface area contributed by atoms with Crippen molar-refractivity contribution in [1.29, 1.82) is 0 Å². The summed E-state index contributed by atoms with van der Waals surface area (Å²) in [6.45, 7) is 4.14. The van der Waals surface area contributed by atoms with E-state index in [0.717, 1.165) is 15.6 Å². The van der Waals surface area contributed by atoms with Crippen LogP contribution >= 0.6 is 15.9 Å². The lowest BCUT2D eigenvalue weighted by molar-refractivity contribution is 0.220. The van der Waals surface area contributed by atoms with Crippen LogP contribution in [-0.2, 0) is 0 Å². The van der Waals surface area contributed by atoms with E-state index in [0.29, 0.717) is 0 Å². The van der Waals surface area contributed by atoms with Crippen LogP contribution in [0.5, 0.6) is 0 Å². The summed E-state index contributed by atoms with van der Waals surface area (Å²) in [5.41, 5.74) is 4.29. The van der Waals surface area contributed by atoms with Crippen molar-refractivity contribution in [3.8, 4) is 0 Å². The Labute approximate surface area is 110 Å². The number of hydrogen-bond donors (Lipinski definition) is 1. The molecule has 88 valence electrons. The largest absolute Gasteiger partial charge is 0.384 e. The minimum atomic E-state index is -0.563. The van der Waals surface area contributed by atoms with Crippen molar-refractivity contribution in [2.45, 2.75) is 20.0 Å². The van der Waals surface area contributed by atoms with Crippen LogP contribution in [0, 0.1) is 13.8 Å². The van der Waals surface area contributed by atoms with Gasteiger partial charge in [0.25, 0.3) is 0 Å². The van der Waals surface area contributed by atoms with Crippen LogP contribution < -0.4 is 0 Å². The fraction of sp³-hybridized carbons (Fsp3) is 0.200. The van der Waals surface area contributed by atoms with Gasteiger partial charge < -0.3 is 5.11 Å². The molecule has 0 heterocycles. The molecule has 0 spiro atoms. The predicted octanol–water partition coefficient (Wildman–Crippen LogP) is 4.15. The van der Waals surface area contributed by atoms with E-state index in [1.54, 1.807) is 0 Å². The molecule has 2 heteroatoms. The zero-order valence-corrected chi connectivity index (χ0v) is 11.5. The van der Waals surface area contributed by atoms with E-state index in [4.69, 9.17) is 0 Å². The highest BCUT2D eigenvalue weighted by Crippen LogP contribution is 2.25. The molecular formula is C15H15BrO. The molecule has 2 aromatic rings. The normalized spacial score (nSPS) is 12.5. The Bertz CT molecular complexity index is 534. The molecule has 0 amide bonds. The molecule has 0 aliphatic rings. The van der Waals surface area contributed by atoms with Gasteiger partial charge in [0.2, 0.25) is 0 Å². The van der Waals surface area contributed by atoms with E-state index >= 15 is 0 Å². The van der Waals surface area contributed by atoms with Crippen LogP contribution in [0.2, 0.25) is 0 Å². The van der Waals surface area contributed by atoms with E-state index in [1.165, 1.54) is 11.1 Å². The molecule has 0 fully saturated rings. The molecule has 0 bridgehead atoms. The van der Waals surface area contributed by atoms with Crippen molar-refractivity contribution < 1.29 is 5.11 Å². The summed E-state index contributed by atoms with van der Waals surface area (Å²) in [5, 5.41) is 10.3. The standard InChI is InChI=1S/C15H15BrO/c1-10-6-7-13(8-11(10)2)15(17)12-4-3-5-14(16)9-12/h3-9,15,17H,1-2H3/t15-/m1/s1. The average Bonchev–Trinajstić information content (AvgIpc) is 2.32. The van der Waals surface area contributed by atoms with Gasteiger partial charge in [0.15, 0.2) is 0 Å². The van der Waals surface area contributed by atoms with Gasteiger partial charge in [-0.1, -0.05) is 46.3 Å². The Hall–Kier alpha value is -1.12. The molecule has 0 unspecified atom stereocenters. The second-order valence-corrected chi connectivity index (χ2v) is 5.22. The third-order valence-electron chi connectivity index (χ3n) is 3.01.